The molecule has 1 aromatic carbocycles. The van der Waals surface area contributed by atoms with Gasteiger partial charge in [0, 0.05) is 6.07 Å². The highest BCUT2D eigenvalue weighted by molar-refractivity contribution is 5.86. The maximum atomic E-state index is 13.2. The minimum absolute atomic E-state index is 0.0702. The Kier molecular flexibility index (Phi) is 3.22. The summed E-state index contributed by atoms with van der Waals surface area (Å²) in [5, 5.41) is 7.39. The first-order valence-corrected chi connectivity index (χ1v) is 5.00. The second-order valence-electron chi connectivity index (χ2n) is 3.36. The summed E-state index contributed by atoms with van der Waals surface area (Å²) in [5.41, 5.74) is 0.594. The van der Waals surface area contributed by atoms with Crippen molar-refractivity contribution < 1.29 is 18.7 Å². The second kappa shape index (κ2) is 4.82. The molecule has 0 fully saturated rings. The van der Waals surface area contributed by atoms with Gasteiger partial charge in [0.05, 0.1) is 26.1 Å². The van der Waals surface area contributed by atoms with Crippen molar-refractivity contribution in [1.29, 1.82) is 0 Å². The van der Waals surface area contributed by atoms with Gasteiger partial charge in [-0.25, -0.2) is 13.9 Å². The number of ether oxygens (including phenoxy) is 2. The standard InChI is InChI=1S/C11H10FN3O3/c1-17-10-5-7(3-4-8(10)12)15-6-9(13-14-15)11(16)18-2/h3-6H,1-2H3. The van der Waals surface area contributed by atoms with E-state index in [-0.39, 0.29) is 11.4 Å². The molecule has 0 aliphatic rings. The van der Waals surface area contributed by atoms with Crippen LogP contribution in [-0.2, 0) is 4.74 Å². The maximum absolute atomic E-state index is 13.2. The molecule has 94 valence electrons. The quantitative estimate of drug-likeness (QED) is 0.767. The molecule has 0 bridgehead atoms. The molecule has 0 amide bonds. The van der Waals surface area contributed by atoms with Crippen LogP contribution < -0.4 is 4.74 Å². The SMILES string of the molecule is COC(=O)c1cn(-c2ccc(F)c(OC)c2)nn1. The zero-order valence-corrected chi connectivity index (χ0v) is 9.75. The maximum Gasteiger partial charge on any atom is 0.360 e. The number of carbonyl (C=O) groups is 1. The summed E-state index contributed by atoms with van der Waals surface area (Å²) in [5.74, 6) is -0.979. The lowest BCUT2D eigenvalue weighted by Gasteiger charge is -2.04. The van der Waals surface area contributed by atoms with Gasteiger partial charge in [-0.3, -0.25) is 0 Å². The summed E-state index contributed by atoms with van der Waals surface area (Å²) in [6, 6.07) is 4.19. The summed E-state index contributed by atoms with van der Waals surface area (Å²) in [4.78, 5) is 11.2. The van der Waals surface area contributed by atoms with Crippen LogP contribution in [0.2, 0.25) is 0 Å². The third-order valence-corrected chi connectivity index (χ3v) is 2.29. The molecule has 18 heavy (non-hydrogen) atoms. The number of halogens is 1. The molecule has 0 spiro atoms. The minimum Gasteiger partial charge on any atom is -0.494 e. The Balaban J connectivity index is 2.37. The van der Waals surface area contributed by atoms with Crippen molar-refractivity contribution in [2.45, 2.75) is 0 Å². The predicted octanol–water partition coefficient (Wildman–Crippen LogP) is 1.20. The van der Waals surface area contributed by atoms with Crippen molar-refractivity contribution in [3.8, 4) is 11.4 Å². The molecule has 0 aliphatic carbocycles. The molecular formula is C11H10FN3O3. The van der Waals surface area contributed by atoms with Crippen molar-refractivity contribution >= 4 is 5.97 Å². The zero-order chi connectivity index (χ0) is 13.1. The van der Waals surface area contributed by atoms with Gasteiger partial charge in [-0.1, -0.05) is 5.21 Å². The molecule has 0 saturated carbocycles. The van der Waals surface area contributed by atoms with Crippen molar-refractivity contribution in [3.05, 3.63) is 35.9 Å². The zero-order valence-electron chi connectivity index (χ0n) is 9.75. The molecule has 7 heteroatoms. The van der Waals surface area contributed by atoms with E-state index in [0.29, 0.717) is 5.69 Å². The number of carbonyl (C=O) groups excluding carboxylic acids is 1. The molecule has 0 saturated heterocycles. The smallest absolute Gasteiger partial charge is 0.360 e. The van der Waals surface area contributed by atoms with Gasteiger partial charge < -0.3 is 9.47 Å². The van der Waals surface area contributed by atoms with Crippen LogP contribution in [0.1, 0.15) is 10.5 Å². The van der Waals surface area contributed by atoms with Gasteiger partial charge in [-0.2, -0.15) is 0 Å². The Morgan fingerprint density at radius 3 is 2.83 bits per heavy atom. The lowest BCUT2D eigenvalue weighted by molar-refractivity contribution is 0.0594. The normalized spacial score (nSPS) is 10.2. The fourth-order valence-corrected chi connectivity index (χ4v) is 1.38. The fourth-order valence-electron chi connectivity index (χ4n) is 1.38. The first-order chi connectivity index (χ1) is 8.65. The largest absolute Gasteiger partial charge is 0.494 e. The Morgan fingerprint density at radius 1 is 1.39 bits per heavy atom. The van der Waals surface area contributed by atoms with E-state index in [0.717, 1.165) is 0 Å². The van der Waals surface area contributed by atoms with Crippen LogP contribution in [0.15, 0.2) is 24.4 Å². The van der Waals surface area contributed by atoms with E-state index in [2.05, 4.69) is 15.0 Å². The Hall–Kier alpha value is -2.44. The van der Waals surface area contributed by atoms with Gasteiger partial charge in [0.15, 0.2) is 17.3 Å². The first-order valence-electron chi connectivity index (χ1n) is 5.00. The number of benzene rings is 1. The van der Waals surface area contributed by atoms with Gasteiger partial charge in [0.1, 0.15) is 0 Å². The topological polar surface area (TPSA) is 66.2 Å². The highest BCUT2D eigenvalue weighted by atomic mass is 19.1. The minimum atomic E-state index is -0.588. The molecule has 0 aliphatic heterocycles. The molecule has 1 heterocycles. The van der Waals surface area contributed by atoms with Crippen molar-refractivity contribution in [3.63, 3.8) is 0 Å². The molecule has 6 nitrogen and oxygen atoms in total. The average molecular weight is 251 g/mol. The van der Waals surface area contributed by atoms with Crippen LogP contribution in [0.5, 0.6) is 5.75 Å². The molecular weight excluding hydrogens is 241 g/mol. The van der Waals surface area contributed by atoms with Crippen molar-refractivity contribution in [2.75, 3.05) is 14.2 Å². The lowest BCUT2D eigenvalue weighted by atomic mass is 10.3. The van der Waals surface area contributed by atoms with E-state index < -0.39 is 11.8 Å². The van der Waals surface area contributed by atoms with Crippen LogP contribution >= 0.6 is 0 Å². The van der Waals surface area contributed by atoms with E-state index in [9.17, 15) is 9.18 Å². The highest BCUT2D eigenvalue weighted by Crippen LogP contribution is 2.20. The first kappa shape index (κ1) is 12.0. The lowest BCUT2D eigenvalue weighted by Crippen LogP contribution is -2.01. The van der Waals surface area contributed by atoms with Crippen LogP contribution in [0.25, 0.3) is 5.69 Å². The number of esters is 1. The summed E-state index contributed by atoms with van der Waals surface area (Å²) >= 11 is 0. The summed E-state index contributed by atoms with van der Waals surface area (Å²) < 4.78 is 23.9. The van der Waals surface area contributed by atoms with E-state index in [1.54, 1.807) is 0 Å². The van der Waals surface area contributed by atoms with Gasteiger partial charge in [-0.15, -0.1) is 5.10 Å². The third-order valence-electron chi connectivity index (χ3n) is 2.29. The van der Waals surface area contributed by atoms with E-state index in [1.807, 2.05) is 0 Å². The predicted molar refractivity (Wildman–Crippen MR) is 59.2 cm³/mol. The number of rotatable bonds is 3. The van der Waals surface area contributed by atoms with Crippen molar-refractivity contribution in [2.24, 2.45) is 0 Å². The van der Waals surface area contributed by atoms with Gasteiger partial charge in [0.2, 0.25) is 0 Å². The molecule has 2 aromatic rings. The number of methoxy groups -OCH3 is 2. The van der Waals surface area contributed by atoms with Crippen molar-refractivity contribution in [1.82, 2.24) is 15.0 Å². The molecule has 0 N–H and O–H groups in total. The van der Waals surface area contributed by atoms with Crippen LogP contribution in [0, 0.1) is 5.82 Å². The Bertz CT molecular complexity index is 583. The van der Waals surface area contributed by atoms with Gasteiger partial charge in [-0.05, 0) is 12.1 Å². The fraction of sp³-hybridized carbons (Fsp3) is 0.182. The molecule has 2 rings (SSSR count). The Morgan fingerprint density at radius 2 is 2.17 bits per heavy atom. The average Bonchev–Trinajstić information content (AvgIpc) is 2.88. The van der Waals surface area contributed by atoms with Crippen LogP contribution in [-0.4, -0.2) is 35.2 Å². The van der Waals surface area contributed by atoms with E-state index in [1.165, 1.54) is 43.3 Å². The summed E-state index contributed by atoms with van der Waals surface area (Å²) in [6.45, 7) is 0. The Labute approximate surface area is 102 Å². The molecule has 0 atom stereocenters. The molecule has 0 unspecified atom stereocenters. The number of hydrogen-bond acceptors (Lipinski definition) is 5. The second-order valence-corrected chi connectivity index (χ2v) is 3.36. The highest BCUT2D eigenvalue weighted by Gasteiger charge is 2.12. The number of nitrogens with zero attached hydrogens (tertiary/aromatic N) is 3. The van der Waals surface area contributed by atoms with E-state index >= 15 is 0 Å². The molecule has 1 aromatic heterocycles. The monoisotopic (exact) mass is 251 g/mol. The van der Waals surface area contributed by atoms with Crippen LogP contribution in [0.4, 0.5) is 4.39 Å². The summed E-state index contributed by atoms with van der Waals surface area (Å²) in [6.07, 6.45) is 1.39. The summed E-state index contributed by atoms with van der Waals surface area (Å²) in [7, 11) is 2.62. The van der Waals surface area contributed by atoms with E-state index in [4.69, 9.17) is 4.74 Å². The van der Waals surface area contributed by atoms with Crippen LogP contribution in [0.3, 0.4) is 0 Å². The number of aromatic nitrogens is 3. The molecule has 0 radical (unpaired) electrons. The number of hydrogen-bond donors (Lipinski definition) is 0. The van der Waals surface area contributed by atoms with Gasteiger partial charge >= 0.3 is 5.97 Å². The third kappa shape index (κ3) is 2.15. The van der Waals surface area contributed by atoms with Gasteiger partial charge in [0.25, 0.3) is 0 Å².